The second-order valence-electron chi connectivity index (χ2n) is 8.57. The SMILES string of the molecule is O=C(C[C@H]1CC[C@@H](NC(=O)C2CCOCC2)[C@H](CO)O1)NCC1CCCCC1. The van der Waals surface area contributed by atoms with Crippen molar-refractivity contribution < 1.29 is 24.2 Å². The zero-order chi connectivity index (χ0) is 19.8. The zero-order valence-corrected chi connectivity index (χ0v) is 16.9. The summed E-state index contributed by atoms with van der Waals surface area (Å²) in [4.78, 5) is 24.7. The van der Waals surface area contributed by atoms with Crippen LogP contribution in [0.5, 0.6) is 0 Å². The van der Waals surface area contributed by atoms with Crippen LogP contribution >= 0.6 is 0 Å². The molecule has 7 nitrogen and oxygen atoms in total. The van der Waals surface area contributed by atoms with E-state index in [9.17, 15) is 14.7 Å². The summed E-state index contributed by atoms with van der Waals surface area (Å²) in [6.45, 7) is 1.86. The Morgan fingerprint density at radius 2 is 1.71 bits per heavy atom. The topological polar surface area (TPSA) is 96.9 Å². The number of ether oxygens (including phenoxy) is 2. The van der Waals surface area contributed by atoms with Crippen molar-refractivity contribution in [3.05, 3.63) is 0 Å². The maximum absolute atomic E-state index is 12.5. The van der Waals surface area contributed by atoms with Crippen LogP contribution in [-0.2, 0) is 19.1 Å². The summed E-state index contributed by atoms with van der Waals surface area (Å²) in [6.07, 6.45) is 8.87. The quantitative estimate of drug-likeness (QED) is 0.606. The number of carbonyl (C=O) groups excluding carboxylic acids is 2. The largest absolute Gasteiger partial charge is 0.394 e. The normalized spacial score (nSPS) is 30.0. The minimum Gasteiger partial charge on any atom is -0.394 e. The molecule has 3 fully saturated rings. The van der Waals surface area contributed by atoms with Crippen molar-refractivity contribution in [3.8, 4) is 0 Å². The van der Waals surface area contributed by atoms with Gasteiger partial charge in [0.05, 0.1) is 25.2 Å². The molecule has 0 radical (unpaired) electrons. The molecule has 0 aromatic rings. The number of carbonyl (C=O) groups is 2. The summed E-state index contributed by atoms with van der Waals surface area (Å²) < 4.78 is 11.3. The molecule has 2 aliphatic heterocycles. The first-order valence-corrected chi connectivity index (χ1v) is 11.1. The van der Waals surface area contributed by atoms with Gasteiger partial charge in [-0.3, -0.25) is 9.59 Å². The van der Waals surface area contributed by atoms with Crippen LogP contribution in [0.4, 0.5) is 0 Å². The smallest absolute Gasteiger partial charge is 0.223 e. The van der Waals surface area contributed by atoms with E-state index in [1.807, 2.05) is 0 Å². The average Bonchev–Trinajstić information content (AvgIpc) is 2.74. The molecule has 3 rings (SSSR count). The lowest BCUT2D eigenvalue weighted by atomic mass is 9.89. The van der Waals surface area contributed by atoms with Crippen LogP contribution in [0.1, 0.15) is 64.2 Å². The van der Waals surface area contributed by atoms with Crippen LogP contribution in [0, 0.1) is 11.8 Å². The third-order valence-electron chi connectivity index (χ3n) is 6.44. The Morgan fingerprint density at radius 3 is 2.43 bits per heavy atom. The van der Waals surface area contributed by atoms with Crippen molar-refractivity contribution in [3.63, 3.8) is 0 Å². The Kier molecular flexibility index (Phi) is 8.55. The molecular formula is C21H36N2O5. The van der Waals surface area contributed by atoms with Crippen LogP contribution < -0.4 is 10.6 Å². The second kappa shape index (κ2) is 11.1. The molecule has 7 heteroatoms. The first kappa shape index (κ1) is 21.5. The molecule has 0 aromatic carbocycles. The van der Waals surface area contributed by atoms with E-state index < -0.39 is 6.10 Å². The Bertz CT molecular complexity index is 503. The van der Waals surface area contributed by atoms with Crippen molar-refractivity contribution in [2.24, 2.45) is 11.8 Å². The minimum atomic E-state index is -0.450. The van der Waals surface area contributed by atoms with Gasteiger partial charge in [0, 0.05) is 25.7 Å². The van der Waals surface area contributed by atoms with Gasteiger partial charge in [0.1, 0.15) is 6.10 Å². The summed E-state index contributed by atoms with van der Waals surface area (Å²) in [5.41, 5.74) is 0. The van der Waals surface area contributed by atoms with Gasteiger partial charge in [-0.1, -0.05) is 19.3 Å². The lowest BCUT2D eigenvalue weighted by Gasteiger charge is -2.37. The van der Waals surface area contributed by atoms with Crippen LogP contribution in [0.25, 0.3) is 0 Å². The van der Waals surface area contributed by atoms with E-state index in [-0.39, 0.29) is 36.5 Å². The number of hydrogen-bond acceptors (Lipinski definition) is 5. The number of aliphatic hydroxyl groups excluding tert-OH is 1. The molecule has 2 amide bonds. The molecule has 3 aliphatic rings. The number of nitrogens with one attached hydrogen (secondary N) is 2. The predicted molar refractivity (Wildman–Crippen MR) is 105 cm³/mol. The maximum Gasteiger partial charge on any atom is 0.223 e. The van der Waals surface area contributed by atoms with Crippen molar-refractivity contribution in [1.82, 2.24) is 10.6 Å². The number of aliphatic hydroxyl groups is 1. The molecule has 0 unspecified atom stereocenters. The van der Waals surface area contributed by atoms with Crippen molar-refractivity contribution in [2.45, 2.75) is 82.5 Å². The third-order valence-corrected chi connectivity index (χ3v) is 6.44. The summed E-state index contributed by atoms with van der Waals surface area (Å²) in [5, 5.41) is 15.8. The van der Waals surface area contributed by atoms with Crippen LogP contribution in [0.2, 0.25) is 0 Å². The van der Waals surface area contributed by atoms with E-state index >= 15 is 0 Å². The molecule has 1 aliphatic carbocycles. The van der Waals surface area contributed by atoms with Crippen molar-refractivity contribution >= 4 is 11.8 Å². The highest BCUT2D eigenvalue weighted by Gasteiger charge is 2.34. The molecule has 28 heavy (non-hydrogen) atoms. The van der Waals surface area contributed by atoms with E-state index in [2.05, 4.69) is 10.6 Å². The molecule has 3 N–H and O–H groups in total. The van der Waals surface area contributed by atoms with Gasteiger partial charge < -0.3 is 25.2 Å². The summed E-state index contributed by atoms with van der Waals surface area (Å²) in [7, 11) is 0. The molecule has 0 bridgehead atoms. The fourth-order valence-corrected chi connectivity index (χ4v) is 4.64. The lowest BCUT2D eigenvalue weighted by Crippen LogP contribution is -2.53. The highest BCUT2D eigenvalue weighted by molar-refractivity contribution is 5.79. The van der Waals surface area contributed by atoms with Gasteiger partial charge in [0.2, 0.25) is 11.8 Å². The summed E-state index contributed by atoms with van der Waals surface area (Å²) >= 11 is 0. The first-order chi connectivity index (χ1) is 13.7. The van der Waals surface area contributed by atoms with Gasteiger partial charge in [0.15, 0.2) is 0 Å². The monoisotopic (exact) mass is 396 g/mol. The Morgan fingerprint density at radius 1 is 0.964 bits per heavy atom. The van der Waals surface area contributed by atoms with Gasteiger partial charge in [-0.15, -0.1) is 0 Å². The third kappa shape index (κ3) is 6.42. The van der Waals surface area contributed by atoms with E-state index in [1.165, 1.54) is 32.1 Å². The Hall–Kier alpha value is -1.18. The molecule has 3 atom stereocenters. The summed E-state index contributed by atoms with van der Waals surface area (Å²) in [6, 6.07) is -0.193. The molecule has 0 spiro atoms. The second-order valence-corrected chi connectivity index (χ2v) is 8.57. The maximum atomic E-state index is 12.5. The van der Waals surface area contributed by atoms with Crippen LogP contribution in [0.15, 0.2) is 0 Å². The first-order valence-electron chi connectivity index (χ1n) is 11.1. The lowest BCUT2D eigenvalue weighted by molar-refractivity contribution is -0.139. The van der Waals surface area contributed by atoms with Gasteiger partial charge in [-0.2, -0.15) is 0 Å². The molecule has 1 saturated carbocycles. The van der Waals surface area contributed by atoms with Gasteiger partial charge >= 0.3 is 0 Å². The molecule has 0 aromatic heterocycles. The molecule has 2 saturated heterocycles. The van der Waals surface area contributed by atoms with E-state index in [4.69, 9.17) is 9.47 Å². The zero-order valence-electron chi connectivity index (χ0n) is 16.9. The van der Waals surface area contributed by atoms with E-state index in [1.54, 1.807) is 0 Å². The highest BCUT2D eigenvalue weighted by Crippen LogP contribution is 2.25. The average molecular weight is 397 g/mol. The number of rotatable bonds is 7. The van der Waals surface area contributed by atoms with Crippen molar-refractivity contribution in [2.75, 3.05) is 26.4 Å². The highest BCUT2D eigenvalue weighted by atomic mass is 16.5. The number of amides is 2. The fourth-order valence-electron chi connectivity index (χ4n) is 4.64. The minimum absolute atomic E-state index is 0.0172. The fraction of sp³-hybridized carbons (Fsp3) is 0.905. The molecule has 2 heterocycles. The van der Waals surface area contributed by atoms with Gasteiger partial charge in [-0.25, -0.2) is 0 Å². The van der Waals surface area contributed by atoms with Crippen LogP contribution in [-0.4, -0.2) is 61.5 Å². The molecule has 160 valence electrons. The standard InChI is InChI=1S/C21H36N2O5/c24-14-19-18(23-21(26)16-8-10-27-11-9-16)7-6-17(28-19)12-20(25)22-13-15-4-2-1-3-5-15/h15-19,24H,1-14H2,(H,22,25)(H,23,26)/t17-,18-,19+/m1/s1. The van der Waals surface area contributed by atoms with E-state index in [0.29, 0.717) is 32.0 Å². The number of hydrogen-bond donors (Lipinski definition) is 3. The van der Waals surface area contributed by atoms with E-state index in [0.717, 1.165) is 25.8 Å². The Balaban J connectivity index is 1.39. The summed E-state index contributed by atoms with van der Waals surface area (Å²) in [5.74, 6) is 0.646. The van der Waals surface area contributed by atoms with Gasteiger partial charge in [-0.05, 0) is 44.4 Å². The van der Waals surface area contributed by atoms with Gasteiger partial charge in [0.25, 0.3) is 0 Å². The predicted octanol–water partition coefficient (Wildman–Crippen LogP) is 1.52. The van der Waals surface area contributed by atoms with Crippen LogP contribution in [0.3, 0.4) is 0 Å². The Labute approximate surface area is 167 Å². The van der Waals surface area contributed by atoms with Crippen molar-refractivity contribution in [1.29, 1.82) is 0 Å². The molecular weight excluding hydrogens is 360 g/mol.